The number of hydrogen-bond acceptors (Lipinski definition) is 6. The maximum absolute atomic E-state index is 13.7. The van der Waals surface area contributed by atoms with Crippen LogP contribution in [-0.4, -0.2) is 45.8 Å². The van der Waals surface area contributed by atoms with Crippen LogP contribution in [0.15, 0.2) is 28.6 Å². The monoisotopic (exact) mass is 394 g/mol. The van der Waals surface area contributed by atoms with Crippen molar-refractivity contribution in [2.75, 3.05) is 17.7 Å². The molecule has 0 saturated heterocycles. The molecule has 1 fully saturated rings. The number of carbonyl (C=O) groups excluding carboxylic acids is 2. The summed E-state index contributed by atoms with van der Waals surface area (Å²) >= 11 is 2.59. The van der Waals surface area contributed by atoms with Gasteiger partial charge in [-0.1, -0.05) is 41.3 Å². The lowest BCUT2D eigenvalue weighted by Gasteiger charge is -2.17. The zero-order valence-corrected chi connectivity index (χ0v) is 16.1. The first kappa shape index (κ1) is 18.8. The molecule has 2 amide bonds. The summed E-state index contributed by atoms with van der Waals surface area (Å²) < 4.78 is 14.3. The lowest BCUT2D eigenvalue weighted by Crippen LogP contribution is -2.30. The van der Waals surface area contributed by atoms with Gasteiger partial charge in [-0.2, -0.15) is 0 Å². The van der Waals surface area contributed by atoms with Gasteiger partial charge in [0.05, 0.1) is 5.75 Å². The third kappa shape index (κ3) is 4.59. The second kappa shape index (κ2) is 8.13. The average molecular weight is 394 g/mol. The Morgan fingerprint density at radius 2 is 2.04 bits per heavy atom. The van der Waals surface area contributed by atoms with Gasteiger partial charge < -0.3 is 4.90 Å². The molecule has 0 N–H and O–H groups in total. The van der Waals surface area contributed by atoms with E-state index in [-0.39, 0.29) is 36.0 Å². The molecule has 138 valence electrons. The number of carbonyl (C=O) groups is 2. The molecule has 1 aliphatic carbocycles. The Labute approximate surface area is 159 Å². The van der Waals surface area contributed by atoms with Gasteiger partial charge in [0.1, 0.15) is 5.82 Å². The van der Waals surface area contributed by atoms with E-state index in [9.17, 15) is 14.0 Å². The van der Waals surface area contributed by atoms with E-state index in [1.807, 2.05) is 0 Å². The number of benzene rings is 1. The molecule has 1 aromatic carbocycles. The highest BCUT2D eigenvalue weighted by Gasteiger charge is 2.34. The van der Waals surface area contributed by atoms with Gasteiger partial charge in [-0.05, 0) is 18.9 Å². The lowest BCUT2D eigenvalue weighted by atomic mass is 10.2. The highest BCUT2D eigenvalue weighted by atomic mass is 32.2. The summed E-state index contributed by atoms with van der Waals surface area (Å²) in [7, 11) is 1.64. The Hall–Kier alpha value is -2.00. The van der Waals surface area contributed by atoms with E-state index in [1.54, 1.807) is 30.1 Å². The minimum atomic E-state index is -0.321. The highest BCUT2D eigenvalue weighted by molar-refractivity contribution is 8.01. The molecule has 1 aromatic heterocycles. The SMILES string of the molecule is CC(=O)N(c1nnc(SCC(=O)N(C)Cc2ccccc2F)s1)C1CC1. The molecular weight excluding hydrogens is 375 g/mol. The summed E-state index contributed by atoms with van der Waals surface area (Å²) in [5.41, 5.74) is 0.480. The first-order valence-corrected chi connectivity index (χ1v) is 9.99. The van der Waals surface area contributed by atoms with E-state index in [0.717, 1.165) is 12.8 Å². The van der Waals surface area contributed by atoms with Crippen molar-refractivity contribution in [3.63, 3.8) is 0 Å². The van der Waals surface area contributed by atoms with E-state index in [4.69, 9.17) is 0 Å². The Balaban J connectivity index is 1.54. The maximum atomic E-state index is 13.7. The van der Waals surface area contributed by atoms with Crippen molar-refractivity contribution in [1.29, 1.82) is 0 Å². The second-order valence-corrected chi connectivity index (χ2v) is 8.28. The topological polar surface area (TPSA) is 66.4 Å². The fourth-order valence-electron chi connectivity index (χ4n) is 2.44. The largest absolute Gasteiger partial charge is 0.341 e. The number of amides is 2. The zero-order valence-electron chi connectivity index (χ0n) is 14.5. The predicted molar refractivity (Wildman–Crippen MR) is 99.7 cm³/mol. The van der Waals surface area contributed by atoms with Gasteiger partial charge in [0.15, 0.2) is 4.34 Å². The smallest absolute Gasteiger partial charge is 0.233 e. The van der Waals surface area contributed by atoms with Crippen molar-refractivity contribution in [3.8, 4) is 0 Å². The summed E-state index contributed by atoms with van der Waals surface area (Å²) in [5, 5.41) is 8.72. The molecule has 3 rings (SSSR count). The van der Waals surface area contributed by atoms with Gasteiger partial charge in [0.2, 0.25) is 16.9 Å². The van der Waals surface area contributed by atoms with E-state index >= 15 is 0 Å². The summed E-state index contributed by atoms with van der Waals surface area (Å²) in [5.74, 6) is -0.303. The standard InChI is InChI=1S/C17H19FN4O2S2/c1-11(23)22(13-7-8-13)16-19-20-17(26-16)25-10-15(24)21(2)9-12-5-3-4-6-14(12)18/h3-6,13H,7-10H2,1-2H3. The molecule has 0 bridgehead atoms. The van der Waals surface area contributed by atoms with Crippen LogP contribution in [0.5, 0.6) is 0 Å². The van der Waals surface area contributed by atoms with Gasteiger partial charge in [-0.25, -0.2) is 4.39 Å². The van der Waals surface area contributed by atoms with Crippen LogP contribution in [0.1, 0.15) is 25.3 Å². The molecule has 1 saturated carbocycles. The van der Waals surface area contributed by atoms with Gasteiger partial charge in [0, 0.05) is 32.1 Å². The van der Waals surface area contributed by atoms with E-state index in [1.165, 1.54) is 41.0 Å². The van der Waals surface area contributed by atoms with Crippen molar-refractivity contribution in [1.82, 2.24) is 15.1 Å². The van der Waals surface area contributed by atoms with Crippen LogP contribution < -0.4 is 4.90 Å². The molecule has 0 radical (unpaired) electrons. The Kier molecular flexibility index (Phi) is 5.87. The molecule has 2 aromatic rings. The van der Waals surface area contributed by atoms with Gasteiger partial charge in [0.25, 0.3) is 0 Å². The van der Waals surface area contributed by atoms with E-state index in [0.29, 0.717) is 15.0 Å². The maximum Gasteiger partial charge on any atom is 0.233 e. The van der Waals surface area contributed by atoms with Crippen molar-refractivity contribution in [2.45, 2.75) is 36.7 Å². The molecule has 6 nitrogen and oxygen atoms in total. The third-order valence-corrected chi connectivity index (χ3v) is 6.00. The summed E-state index contributed by atoms with van der Waals surface area (Å²) in [6.45, 7) is 1.74. The first-order chi connectivity index (χ1) is 12.5. The average Bonchev–Trinajstić information content (AvgIpc) is 3.32. The molecule has 1 heterocycles. The fraction of sp³-hybridized carbons (Fsp3) is 0.412. The summed E-state index contributed by atoms with van der Waals surface area (Å²) in [6.07, 6.45) is 1.97. The lowest BCUT2D eigenvalue weighted by molar-refractivity contribution is -0.127. The first-order valence-electron chi connectivity index (χ1n) is 8.19. The number of hydrogen-bond donors (Lipinski definition) is 0. The van der Waals surface area contributed by atoms with Crippen molar-refractivity contribution in [3.05, 3.63) is 35.6 Å². The number of nitrogens with zero attached hydrogens (tertiary/aromatic N) is 4. The number of aromatic nitrogens is 2. The van der Waals surface area contributed by atoms with Crippen LogP contribution in [-0.2, 0) is 16.1 Å². The molecule has 26 heavy (non-hydrogen) atoms. The van der Waals surface area contributed by atoms with Crippen molar-refractivity contribution in [2.24, 2.45) is 0 Å². The van der Waals surface area contributed by atoms with Crippen LogP contribution in [0.25, 0.3) is 0 Å². The van der Waals surface area contributed by atoms with Crippen molar-refractivity contribution < 1.29 is 14.0 Å². The van der Waals surface area contributed by atoms with E-state index < -0.39 is 0 Å². The predicted octanol–water partition coefficient (Wildman–Crippen LogP) is 2.94. The Morgan fingerprint density at radius 3 is 2.69 bits per heavy atom. The number of thioether (sulfide) groups is 1. The summed E-state index contributed by atoms with van der Waals surface area (Å²) in [4.78, 5) is 27.2. The normalized spacial score (nSPS) is 13.5. The molecule has 0 aliphatic heterocycles. The van der Waals surface area contributed by atoms with Crippen LogP contribution in [0.2, 0.25) is 0 Å². The third-order valence-electron chi connectivity index (χ3n) is 3.96. The molecule has 1 aliphatic rings. The number of halogens is 1. The number of anilines is 1. The Morgan fingerprint density at radius 1 is 1.31 bits per heavy atom. The minimum Gasteiger partial charge on any atom is -0.341 e. The Bertz CT molecular complexity index is 810. The van der Waals surface area contributed by atoms with Gasteiger partial charge in [-0.15, -0.1) is 10.2 Å². The van der Waals surface area contributed by atoms with Crippen molar-refractivity contribution >= 4 is 40.0 Å². The molecule has 9 heteroatoms. The van der Waals surface area contributed by atoms with Crippen LogP contribution in [0, 0.1) is 5.82 Å². The minimum absolute atomic E-state index is 0.0408. The van der Waals surface area contributed by atoms with Crippen LogP contribution in [0.3, 0.4) is 0 Å². The number of rotatable bonds is 7. The molecule has 0 spiro atoms. The second-order valence-electron chi connectivity index (χ2n) is 6.10. The van der Waals surface area contributed by atoms with Crippen LogP contribution >= 0.6 is 23.1 Å². The van der Waals surface area contributed by atoms with Crippen LogP contribution in [0.4, 0.5) is 9.52 Å². The van der Waals surface area contributed by atoms with E-state index in [2.05, 4.69) is 10.2 Å². The molecule has 0 unspecified atom stereocenters. The van der Waals surface area contributed by atoms with Gasteiger partial charge in [-0.3, -0.25) is 14.5 Å². The molecule has 0 atom stereocenters. The molecular formula is C17H19FN4O2S2. The highest BCUT2D eigenvalue weighted by Crippen LogP contribution is 2.35. The zero-order chi connectivity index (χ0) is 18.7. The fourth-order valence-corrected chi connectivity index (χ4v) is 4.34. The summed E-state index contributed by atoms with van der Waals surface area (Å²) in [6, 6.07) is 6.64. The quantitative estimate of drug-likeness (QED) is 0.534. The van der Waals surface area contributed by atoms with Gasteiger partial charge >= 0.3 is 0 Å².